The van der Waals surface area contributed by atoms with E-state index in [1.807, 2.05) is 0 Å². The van der Waals surface area contributed by atoms with E-state index in [0.29, 0.717) is 22.5 Å². The first-order valence-electron chi connectivity index (χ1n) is 6.56. The molecule has 0 bridgehead atoms. The Morgan fingerprint density at radius 3 is 2.81 bits per heavy atom. The molecular formula is C14H11N5O2. The van der Waals surface area contributed by atoms with Gasteiger partial charge in [0.15, 0.2) is 5.82 Å². The normalized spacial score (nSPS) is 15.8. The summed E-state index contributed by atoms with van der Waals surface area (Å²) in [4.78, 5) is 28.8. The molecule has 0 aliphatic heterocycles. The third-order valence-electron chi connectivity index (χ3n) is 3.60. The molecule has 0 atom stereocenters. The number of hydrogen-bond donors (Lipinski definition) is 1. The number of amides is 1. The predicted molar refractivity (Wildman–Crippen MR) is 72.2 cm³/mol. The molecular weight excluding hydrogens is 270 g/mol. The summed E-state index contributed by atoms with van der Waals surface area (Å²) < 4.78 is 5.27. The van der Waals surface area contributed by atoms with E-state index in [4.69, 9.17) is 4.42 Å². The van der Waals surface area contributed by atoms with Crippen molar-refractivity contribution in [1.29, 1.82) is 0 Å². The first-order valence-corrected chi connectivity index (χ1v) is 6.56. The standard InChI is InChI=1S/C14H11N5O2/c20-11(10-7-21-12-9(10)6-15-8-18-12)19-14(2-3-14)13-16-4-1-5-17-13/h1,4-8H,2-3H2,(H,19,20). The SMILES string of the molecule is O=C(NC1(c2ncccn2)CC1)c1coc2ncncc12. The number of furan rings is 1. The molecule has 7 heteroatoms. The van der Waals surface area contributed by atoms with Crippen LogP contribution in [0.4, 0.5) is 0 Å². The molecule has 3 heterocycles. The Morgan fingerprint density at radius 1 is 1.24 bits per heavy atom. The highest BCUT2D eigenvalue weighted by Gasteiger charge is 2.48. The largest absolute Gasteiger partial charge is 0.445 e. The van der Waals surface area contributed by atoms with Crippen molar-refractivity contribution in [3.8, 4) is 0 Å². The van der Waals surface area contributed by atoms with Gasteiger partial charge in [-0.25, -0.2) is 19.9 Å². The maximum Gasteiger partial charge on any atom is 0.256 e. The van der Waals surface area contributed by atoms with E-state index in [2.05, 4.69) is 25.3 Å². The molecule has 0 unspecified atom stereocenters. The van der Waals surface area contributed by atoms with Crippen molar-refractivity contribution < 1.29 is 9.21 Å². The van der Waals surface area contributed by atoms with E-state index in [1.165, 1.54) is 12.6 Å². The Balaban J connectivity index is 1.65. The van der Waals surface area contributed by atoms with Gasteiger partial charge in [0.1, 0.15) is 18.1 Å². The van der Waals surface area contributed by atoms with Gasteiger partial charge in [-0.15, -0.1) is 0 Å². The molecule has 104 valence electrons. The average molecular weight is 281 g/mol. The van der Waals surface area contributed by atoms with E-state index >= 15 is 0 Å². The first kappa shape index (κ1) is 12.0. The minimum absolute atomic E-state index is 0.228. The minimum Gasteiger partial charge on any atom is -0.445 e. The highest BCUT2D eigenvalue weighted by molar-refractivity contribution is 6.05. The number of carbonyl (C=O) groups is 1. The molecule has 3 aromatic rings. The number of rotatable bonds is 3. The quantitative estimate of drug-likeness (QED) is 0.780. The third kappa shape index (κ3) is 1.94. The van der Waals surface area contributed by atoms with Gasteiger partial charge in [0.05, 0.1) is 10.9 Å². The minimum atomic E-state index is -0.461. The summed E-state index contributed by atoms with van der Waals surface area (Å²) in [5, 5.41) is 3.60. The van der Waals surface area contributed by atoms with Crippen molar-refractivity contribution in [3.05, 3.63) is 48.6 Å². The van der Waals surface area contributed by atoms with Crippen molar-refractivity contribution in [2.45, 2.75) is 18.4 Å². The molecule has 0 aromatic carbocycles. The molecule has 21 heavy (non-hydrogen) atoms. The zero-order valence-electron chi connectivity index (χ0n) is 11.0. The molecule has 3 aromatic heterocycles. The molecule has 0 radical (unpaired) electrons. The van der Waals surface area contributed by atoms with Crippen LogP contribution in [0.5, 0.6) is 0 Å². The van der Waals surface area contributed by atoms with Gasteiger partial charge in [0, 0.05) is 18.6 Å². The Labute approximate surface area is 119 Å². The van der Waals surface area contributed by atoms with Crippen LogP contribution in [-0.2, 0) is 5.54 Å². The first-order chi connectivity index (χ1) is 10.3. The highest BCUT2D eigenvalue weighted by atomic mass is 16.3. The van der Waals surface area contributed by atoms with Gasteiger partial charge in [0.2, 0.25) is 5.71 Å². The lowest BCUT2D eigenvalue weighted by molar-refractivity contribution is 0.0929. The van der Waals surface area contributed by atoms with E-state index < -0.39 is 5.54 Å². The van der Waals surface area contributed by atoms with Crippen LogP contribution in [0.25, 0.3) is 11.1 Å². The lowest BCUT2D eigenvalue weighted by atomic mass is 10.2. The molecule has 1 aliphatic carbocycles. The fourth-order valence-electron chi connectivity index (χ4n) is 2.31. The summed E-state index contributed by atoms with van der Waals surface area (Å²) in [6.07, 6.45) is 9.36. The second-order valence-electron chi connectivity index (χ2n) is 5.00. The second-order valence-corrected chi connectivity index (χ2v) is 5.00. The summed E-state index contributed by atoms with van der Waals surface area (Å²) >= 11 is 0. The number of nitrogens with one attached hydrogen (secondary N) is 1. The lowest BCUT2D eigenvalue weighted by Crippen LogP contribution is -2.36. The number of fused-ring (bicyclic) bond motifs is 1. The van der Waals surface area contributed by atoms with Crippen LogP contribution in [0.2, 0.25) is 0 Å². The van der Waals surface area contributed by atoms with Crippen molar-refractivity contribution >= 4 is 17.0 Å². The Kier molecular flexibility index (Phi) is 2.47. The number of carbonyl (C=O) groups excluding carboxylic acids is 1. The van der Waals surface area contributed by atoms with E-state index in [9.17, 15) is 4.79 Å². The Morgan fingerprint density at radius 2 is 2.05 bits per heavy atom. The molecule has 1 N–H and O–H groups in total. The smallest absolute Gasteiger partial charge is 0.256 e. The van der Waals surface area contributed by atoms with Gasteiger partial charge in [-0.05, 0) is 18.9 Å². The van der Waals surface area contributed by atoms with Gasteiger partial charge in [-0.1, -0.05) is 0 Å². The van der Waals surface area contributed by atoms with Gasteiger partial charge in [-0.2, -0.15) is 0 Å². The van der Waals surface area contributed by atoms with E-state index in [1.54, 1.807) is 24.7 Å². The summed E-state index contributed by atoms with van der Waals surface area (Å²) in [7, 11) is 0. The summed E-state index contributed by atoms with van der Waals surface area (Å²) in [5.41, 5.74) is 0.362. The zero-order chi connectivity index (χ0) is 14.3. The third-order valence-corrected chi connectivity index (χ3v) is 3.60. The fraction of sp³-hybridized carbons (Fsp3) is 0.214. The zero-order valence-corrected chi connectivity index (χ0v) is 11.0. The molecule has 4 rings (SSSR count). The molecule has 1 aliphatic rings. The molecule has 0 saturated heterocycles. The number of nitrogens with zero attached hydrogens (tertiary/aromatic N) is 4. The van der Waals surface area contributed by atoms with Crippen LogP contribution in [0.15, 0.2) is 41.7 Å². The van der Waals surface area contributed by atoms with Crippen LogP contribution >= 0.6 is 0 Å². The highest BCUT2D eigenvalue weighted by Crippen LogP contribution is 2.43. The molecule has 0 spiro atoms. The fourth-order valence-corrected chi connectivity index (χ4v) is 2.31. The van der Waals surface area contributed by atoms with Gasteiger partial charge in [-0.3, -0.25) is 4.79 Å². The summed E-state index contributed by atoms with van der Waals surface area (Å²) in [5.74, 6) is 0.413. The topological polar surface area (TPSA) is 93.8 Å². The van der Waals surface area contributed by atoms with Crippen LogP contribution in [-0.4, -0.2) is 25.8 Å². The maximum atomic E-state index is 12.5. The number of hydrogen-bond acceptors (Lipinski definition) is 6. The van der Waals surface area contributed by atoms with Crippen LogP contribution < -0.4 is 5.32 Å². The second kappa shape index (κ2) is 4.34. The summed E-state index contributed by atoms with van der Waals surface area (Å²) in [6, 6.07) is 1.75. The van der Waals surface area contributed by atoms with E-state index in [-0.39, 0.29) is 5.91 Å². The van der Waals surface area contributed by atoms with Crippen LogP contribution in [0, 0.1) is 0 Å². The number of aromatic nitrogens is 4. The van der Waals surface area contributed by atoms with Crippen LogP contribution in [0.3, 0.4) is 0 Å². The van der Waals surface area contributed by atoms with Crippen molar-refractivity contribution in [1.82, 2.24) is 25.3 Å². The maximum absolute atomic E-state index is 12.5. The van der Waals surface area contributed by atoms with Crippen LogP contribution in [0.1, 0.15) is 29.0 Å². The predicted octanol–water partition coefficient (Wildman–Crippen LogP) is 1.43. The van der Waals surface area contributed by atoms with Crippen molar-refractivity contribution in [3.63, 3.8) is 0 Å². The van der Waals surface area contributed by atoms with E-state index in [0.717, 1.165) is 12.8 Å². The van der Waals surface area contributed by atoms with Crippen molar-refractivity contribution in [2.75, 3.05) is 0 Å². The monoisotopic (exact) mass is 281 g/mol. The Hall–Kier alpha value is -2.83. The van der Waals surface area contributed by atoms with Gasteiger partial charge >= 0.3 is 0 Å². The Bertz CT molecular complexity index is 810. The molecule has 1 saturated carbocycles. The molecule has 7 nitrogen and oxygen atoms in total. The summed E-state index contributed by atoms with van der Waals surface area (Å²) in [6.45, 7) is 0. The molecule has 1 amide bonds. The van der Waals surface area contributed by atoms with Gasteiger partial charge in [0.25, 0.3) is 5.91 Å². The lowest BCUT2D eigenvalue weighted by Gasteiger charge is -2.15. The molecule has 1 fully saturated rings. The van der Waals surface area contributed by atoms with Crippen molar-refractivity contribution in [2.24, 2.45) is 0 Å². The average Bonchev–Trinajstić information content (AvgIpc) is 3.18. The van der Waals surface area contributed by atoms with Gasteiger partial charge < -0.3 is 9.73 Å².